The Labute approximate surface area is 186 Å². The number of benzene rings is 1. The van der Waals surface area contributed by atoms with Crippen LogP contribution in [0.25, 0.3) is 0 Å². The van der Waals surface area contributed by atoms with E-state index in [0.29, 0.717) is 0 Å². The molecule has 3 heterocycles. The fourth-order valence-electron chi connectivity index (χ4n) is 4.55. The van der Waals surface area contributed by atoms with E-state index in [1.165, 1.54) is 16.2 Å². The lowest BCUT2D eigenvalue weighted by molar-refractivity contribution is -0.151. The predicted molar refractivity (Wildman–Crippen MR) is 117 cm³/mol. The molecule has 4 unspecified atom stereocenters. The van der Waals surface area contributed by atoms with Crippen LogP contribution in [0.15, 0.2) is 58.4 Å². The van der Waals surface area contributed by atoms with Crippen molar-refractivity contribution in [2.45, 2.75) is 24.9 Å². The van der Waals surface area contributed by atoms with Crippen LogP contribution in [0.1, 0.15) is 23.4 Å². The molecule has 1 aromatic heterocycles. The zero-order valence-electron chi connectivity index (χ0n) is 16.2. The molecule has 6 nitrogen and oxygen atoms in total. The second-order valence-corrected chi connectivity index (χ2v) is 10.1. The molecular weight excluding hydrogens is 468 g/mol. The number of aliphatic carboxylic acids is 1. The molecular formula is C22H21BrN2O4S. The molecule has 1 aromatic carbocycles. The van der Waals surface area contributed by atoms with E-state index < -0.39 is 35.3 Å². The van der Waals surface area contributed by atoms with E-state index in [1.54, 1.807) is 12.2 Å². The van der Waals surface area contributed by atoms with Gasteiger partial charge < -0.3 is 5.11 Å². The van der Waals surface area contributed by atoms with Crippen LogP contribution in [0.3, 0.4) is 0 Å². The van der Waals surface area contributed by atoms with Gasteiger partial charge in [0.15, 0.2) is 0 Å². The van der Waals surface area contributed by atoms with Crippen molar-refractivity contribution < 1.29 is 19.5 Å². The van der Waals surface area contributed by atoms with E-state index in [9.17, 15) is 19.5 Å². The molecule has 0 saturated carbocycles. The maximum atomic E-state index is 13.4. The number of likely N-dealkylation sites (tertiary alicyclic amines) is 1. The van der Waals surface area contributed by atoms with Crippen LogP contribution in [-0.4, -0.2) is 39.9 Å². The molecule has 0 aliphatic carbocycles. The van der Waals surface area contributed by atoms with Crippen molar-refractivity contribution in [3.05, 3.63) is 68.8 Å². The highest BCUT2D eigenvalue weighted by Crippen LogP contribution is 2.51. The third-order valence-corrected chi connectivity index (χ3v) is 7.58. The van der Waals surface area contributed by atoms with Gasteiger partial charge in [-0.2, -0.15) is 0 Å². The summed E-state index contributed by atoms with van der Waals surface area (Å²) >= 11 is 4.88. The van der Waals surface area contributed by atoms with Crippen LogP contribution in [0.2, 0.25) is 0 Å². The van der Waals surface area contributed by atoms with Crippen LogP contribution in [0, 0.1) is 11.8 Å². The molecule has 30 heavy (non-hydrogen) atoms. The summed E-state index contributed by atoms with van der Waals surface area (Å²) in [7, 11) is 0. The number of carboxylic acid groups (broad SMARTS) is 1. The number of carbonyl (C=O) groups excluding carboxylic acids is 2. The molecule has 0 spiro atoms. The van der Waals surface area contributed by atoms with Crippen molar-refractivity contribution >= 4 is 45.1 Å². The largest absolute Gasteiger partial charge is 0.480 e. The van der Waals surface area contributed by atoms with Crippen molar-refractivity contribution in [2.75, 3.05) is 6.54 Å². The average Bonchev–Trinajstić information content (AvgIpc) is 3.37. The summed E-state index contributed by atoms with van der Waals surface area (Å²) in [5, 5.41) is 13.6. The summed E-state index contributed by atoms with van der Waals surface area (Å²) in [6, 6.07) is 12.4. The van der Waals surface area contributed by atoms with Gasteiger partial charge in [0.05, 0.1) is 21.7 Å². The Kier molecular flexibility index (Phi) is 5.65. The van der Waals surface area contributed by atoms with E-state index in [-0.39, 0.29) is 18.9 Å². The number of imide groups is 1. The van der Waals surface area contributed by atoms with Crippen molar-refractivity contribution in [2.24, 2.45) is 11.8 Å². The van der Waals surface area contributed by atoms with Crippen LogP contribution in [-0.2, 0) is 20.8 Å². The number of carbonyl (C=O) groups is 3. The third kappa shape index (κ3) is 3.33. The highest BCUT2D eigenvalue weighted by atomic mass is 79.9. The van der Waals surface area contributed by atoms with Gasteiger partial charge in [0.25, 0.3) is 0 Å². The Balaban J connectivity index is 1.83. The molecule has 2 N–H and O–H groups in total. The SMILES string of the molecule is C/C=C/CN1C(=O)C2C(c3ccc(Br)s3)NC(Cc3ccccc3)(C(=O)O)C2C1=O. The quantitative estimate of drug-likeness (QED) is 0.480. The van der Waals surface area contributed by atoms with Crippen molar-refractivity contribution in [1.82, 2.24) is 10.2 Å². The van der Waals surface area contributed by atoms with Gasteiger partial charge in [-0.25, -0.2) is 0 Å². The molecule has 2 fully saturated rings. The number of nitrogens with zero attached hydrogens (tertiary/aromatic N) is 1. The lowest BCUT2D eigenvalue weighted by Gasteiger charge is -2.31. The monoisotopic (exact) mass is 488 g/mol. The summed E-state index contributed by atoms with van der Waals surface area (Å²) in [5.41, 5.74) is -0.767. The lowest BCUT2D eigenvalue weighted by atomic mass is 9.76. The first-order chi connectivity index (χ1) is 14.4. The van der Waals surface area contributed by atoms with Gasteiger partial charge in [-0.15, -0.1) is 11.3 Å². The molecule has 2 amide bonds. The van der Waals surface area contributed by atoms with Crippen molar-refractivity contribution in [3.63, 3.8) is 0 Å². The Morgan fingerprint density at radius 1 is 1.23 bits per heavy atom. The highest BCUT2D eigenvalue weighted by molar-refractivity contribution is 9.11. The number of carboxylic acids is 1. The molecule has 2 aromatic rings. The van der Waals surface area contributed by atoms with Gasteiger partial charge in [-0.05, 0) is 40.5 Å². The zero-order valence-corrected chi connectivity index (χ0v) is 18.7. The number of thiophene rings is 1. The molecule has 0 bridgehead atoms. The Bertz CT molecular complexity index is 1020. The summed E-state index contributed by atoms with van der Waals surface area (Å²) in [6.45, 7) is 1.97. The van der Waals surface area contributed by atoms with E-state index >= 15 is 0 Å². The van der Waals surface area contributed by atoms with Crippen LogP contribution >= 0.6 is 27.3 Å². The fraction of sp³-hybridized carbons (Fsp3) is 0.318. The van der Waals surface area contributed by atoms with Crippen molar-refractivity contribution in [3.8, 4) is 0 Å². The number of rotatable bonds is 6. The Morgan fingerprint density at radius 3 is 2.57 bits per heavy atom. The van der Waals surface area contributed by atoms with E-state index in [0.717, 1.165) is 14.2 Å². The first-order valence-corrected chi connectivity index (χ1v) is 11.3. The lowest BCUT2D eigenvalue weighted by Crippen LogP contribution is -2.57. The molecule has 156 valence electrons. The molecule has 2 saturated heterocycles. The van der Waals surface area contributed by atoms with Gasteiger partial charge in [-0.1, -0.05) is 42.5 Å². The van der Waals surface area contributed by atoms with E-state index in [4.69, 9.17) is 0 Å². The van der Waals surface area contributed by atoms with Gasteiger partial charge in [0.1, 0.15) is 5.54 Å². The number of fused-ring (bicyclic) bond motifs is 1. The smallest absolute Gasteiger partial charge is 0.325 e. The molecule has 2 aliphatic rings. The zero-order chi connectivity index (χ0) is 21.5. The predicted octanol–water partition coefficient (Wildman–Crippen LogP) is 3.40. The van der Waals surface area contributed by atoms with E-state index in [1.807, 2.05) is 49.4 Å². The minimum atomic E-state index is -1.56. The minimum Gasteiger partial charge on any atom is -0.480 e. The third-order valence-electron chi connectivity index (χ3n) is 5.88. The van der Waals surface area contributed by atoms with Gasteiger partial charge in [-0.3, -0.25) is 24.6 Å². The number of allylic oxidation sites excluding steroid dienone is 1. The number of hydrogen-bond donors (Lipinski definition) is 2. The summed E-state index contributed by atoms with van der Waals surface area (Å²) in [6.07, 6.45) is 3.62. The van der Waals surface area contributed by atoms with E-state index in [2.05, 4.69) is 21.2 Å². The fourth-order valence-corrected chi connectivity index (χ4v) is 6.07. The first kappa shape index (κ1) is 21.0. The normalized spacial score (nSPS) is 28.5. The molecule has 8 heteroatoms. The summed E-state index contributed by atoms with van der Waals surface area (Å²) < 4.78 is 0.884. The average molecular weight is 489 g/mol. The summed E-state index contributed by atoms with van der Waals surface area (Å²) in [4.78, 5) is 41.3. The maximum absolute atomic E-state index is 13.4. The Morgan fingerprint density at radius 2 is 1.97 bits per heavy atom. The van der Waals surface area contributed by atoms with Crippen LogP contribution in [0.5, 0.6) is 0 Å². The number of amides is 2. The number of nitrogens with one attached hydrogen (secondary N) is 1. The van der Waals surface area contributed by atoms with Crippen LogP contribution in [0.4, 0.5) is 0 Å². The summed E-state index contributed by atoms with van der Waals surface area (Å²) in [5.74, 6) is -3.59. The standard InChI is InChI=1S/C22H21BrN2O4S/c1-2-3-11-25-19(26)16-17(20(25)27)22(21(28)29,12-13-7-5-4-6-8-13)24-18(16)14-9-10-15(23)30-14/h2-10,16-18,24H,11-12H2,1H3,(H,28,29)/b3-2+. The maximum Gasteiger partial charge on any atom is 0.325 e. The molecule has 4 rings (SSSR count). The van der Waals surface area contributed by atoms with Gasteiger partial charge in [0.2, 0.25) is 11.8 Å². The van der Waals surface area contributed by atoms with Crippen molar-refractivity contribution in [1.29, 1.82) is 0 Å². The number of hydrogen-bond acceptors (Lipinski definition) is 5. The minimum absolute atomic E-state index is 0.115. The number of halogens is 1. The molecule has 2 aliphatic heterocycles. The molecule has 4 atom stereocenters. The second kappa shape index (κ2) is 8.09. The topological polar surface area (TPSA) is 86.7 Å². The second-order valence-electron chi connectivity index (χ2n) is 7.56. The van der Waals surface area contributed by atoms with Gasteiger partial charge in [0, 0.05) is 17.8 Å². The van der Waals surface area contributed by atoms with Gasteiger partial charge >= 0.3 is 5.97 Å². The molecule has 0 radical (unpaired) electrons. The Hall–Kier alpha value is -2.29. The highest BCUT2D eigenvalue weighted by Gasteiger charge is 2.68. The van der Waals surface area contributed by atoms with Crippen LogP contribution < -0.4 is 5.32 Å². The first-order valence-electron chi connectivity index (χ1n) is 9.65.